The molecule has 168 valence electrons. The number of carbonyl (C=O) groups is 2. The van der Waals surface area contributed by atoms with Crippen LogP contribution in [0.2, 0.25) is 5.02 Å². The Balaban J connectivity index is 1.30. The molecule has 1 aliphatic heterocycles. The van der Waals surface area contributed by atoms with Crippen molar-refractivity contribution in [2.45, 2.75) is 13.0 Å². The normalized spacial score (nSPS) is 16.4. The first-order valence-corrected chi connectivity index (χ1v) is 11.1. The summed E-state index contributed by atoms with van der Waals surface area (Å²) >= 11 is 6.05. The second-order valence-corrected chi connectivity index (χ2v) is 8.70. The van der Waals surface area contributed by atoms with E-state index in [2.05, 4.69) is 10.1 Å². The van der Waals surface area contributed by atoms with E-state index in [9.17, 15) is 9.59 Å². The number of benzene rings is 2. The summed E-state index contributed by atoms with van der Waals surface area (Å²) in [5, 5.41) is 5.86. The first kappa shape index (κ1) is 21.2. The van der Waals surface area contributed by atoms with E-state index < -0.39 is 0 Å². The number of hydrogen-bond acceptors (Lipinski definition) is 4. The molecule has 8 nitrogen and oxygen atoms in total. The van der Waals surface area contributed by atoms with Crippen molar-refractivity contribution in [2.24, 2.45) is 7.05 Å². The van der Waals surface area contributed by atoms with E-state index in [1.54, 1.807) is 17.0 Å². The number of rotatable bonds is 3. The Bertz CT molecular complexity index is 1360. The maximum atomic E-state index is 13.3. The Morgan fingerprint density at radius 2 is 1.88 bits per heavy atom. The molecule has 0 N–H and O–H groups in total. The van der Waals surface area contributed by atoms with Gasteiger partial charge in [0.2, 0.25) is 5.82 Å². The lowest BCUT2D eigenvalue weighted by molar-refractivity contribution is 0.0408. The second-order valence-electron chi connectivity index (χ2n) is 8.26. The van der Waals surface area contributed by atoms with Gasteiger partial charge in [-0.1, -0.05) is 35.9 Å². The number of halogens is 1. The molecule has 5 rings (SSSR count). The van der Waals surface area contributed by atoms with Crippen molar-refractivity contribution in [1.29, 1.82) is 0 Å². The summed E-state index contributed by atoms with van der Waals surface area (Å²) in [6, 6.07) is 14.9. The highest BCUT2D eigenvalue weighted by molar-refractivity contribution is 6.30. The van der Waals surface area contributed by atoms with Gasteiger partial charge in [0.05, 0.1) is 11.3 Å². The van der Waals surface area contributed by atoms with Gasteiger partial charge < -0.3 is 14.4 Å². The van der Waals surface area contributed by atoms with Gasteiger partial charge in [0.25, 0.3) is 11.8 Å². The van der Waals surface area contributed by atoms with Gasteiger partial charge in [0.1, 0.15) is 6.33 Å². The molecule has 0 radical (unpaired) electrons. The van der Waals surface area contributed by atoms with E-state index in [1.165, 1.54) is 11.0 Å². The first-order chi connectivity index (χ1) is 15.9. The van der Waals surface area contributed by atoms with Crippen molar-refractivity contribution in [2.75, 3.05) is 19.6 Å². The molecule has 9 heteroatoms. The zero-order chi connectivity index (χ0) is 23.1. The fraction of sp³-hybridized carbons (Fsp3) is 0.250. The number of hydrogen-bond donors (Lipinski definition) is 0. The molecular weight excluding hydrogens is 440 g/mol. The van der Waals surface area contributed by atoms with Crippen LogP contribution >= 0.6 is 11.6 Å². The number of para-hydroxylation sites is 1. The topological polar surface area (TPSA) is 76.3 Å². The minimum absolute atomic E-state index is 0.0193. The zero-order valence-electron chi connectivity index (χ0n) is 18.3. The van der Waals surface area contributed by atoms with Crippen LogP contribution < -0.4 is 0 Å². The number of carbonyl (C=O) groups excluding carboxylic acids is 2. The maximum Gasteiger partial charge on any atom is 0.293 e. The molecule has 33 heavy (non-hydrogen) atoms. The molecule has 1 unspecified atom stereocenters. The predicted octanol–water partition coefficient (Wildman–Crippen LogP) is 3.40. The monoisotopic (exact) mass is 462 g/mol. The van der Waals surface area contributed by atoms with Crippen LogP contribution in [0, 0.1) is 0 Å². The summed E-state index contributed by atoms with van der Waals surface area (Å²) in [5.41, 5.74) is 2.43. The molecule has 1 aliphatic rings. The molecule has 2 aromatic heterocycles. The van der Waals surface area contributed by atoms with Crippen LogP contribution in [-0.4, -0.2) is 66.6 Å². The Morgan fingerprint density at radius 1 is 1.06 bits per heavy atom. The molecule has 1 saturated heterocycles. The van der Waals surface area contributed by atoms with E-state index in [-0.39, 0.29) is 23.7 Å². The molecule has 1 atom stereocenters. The van der Waals surface area contributed by atoms with E-state index in [0.717, 1.165) is 16.6 Å². The number of piperazine rings is 1. The van der Waals surface area contributed by atoms with Crippen LogP contribution in [0.5, 0.6) is 0 Å². The number of aromatic nitrogens is 4. The summed E-state index contributed by atoms with van der Waals surface area (Å²) in [4.78, 5) is 34.1. The van der Waals surface area contributed by atoms with Gasteiger partial charge in [-0.3, -0.25) is 9.59 Å². The third-order valence-corrected chi connectivity index (χ3v) is 6.29. The average molecular weight is 463 g/mol. The number of amides is 2. The van der Waals surface area contributed by atoms with Crippen molar-refractivity contribution < 1.29 is 9.59 Å². The summed E-state index contributed by atoms with van der Waals surface area (Å²) in [7, 11) is 1.94. The molecule has 0 saturated carbocycles. The fourth-order valence-electron chi connectivity index (χ4n) is 4.36. The van der Waals surface area contributed by atoms with Crippen LogP contribution in [-0.2, 0) is 7.05 Å². The van der Waals surface area contributed by atoms with Gasteiger partial charge in [0.15, 0.2) is 0 Å². The standard InChI is InChI=1S/C24H23ClN6O2/c1-16-13-29(23(32)20-14-28(2)21-9-4-3-8-19(20)21)10-11-30(16)24(33)22-26-15-31(27-22)18-7-5-6-17(25)12-18/h3-9,12,14-16H,10-11,13H2,1-2H3. The molecule has 2 aromatic carbocycles. The molecule has 0 bridgehead atoms. The van der Waals surface area contributed by atoms with Crippen LogP contribution in [0.1, 0.15) is 27.9 Å². The second kappa shape index (κ2) is 8.37. The summed E-state index contributed by atoms with van der Waals surface area (Å²) in [5.74, 6) is -0.148. The predicted molar refractivity (Wildman–Crippen MR) is 126 cm³/mol. The first-order valence-electron chi connectivity index (χ1n) is 10.7. The molecule has 0 aliphatic carbocycles. The van der Waals surface area contributed by atoms with Gasteiger partial charge in [-0.15, -0.1) is 5.10 Å². The molecule has 1 fully saturated rings. The van der Waals surface area contributed by atoms with Gasteiger partial charge >= 0.3 is 0 Å². The van der Waals surface area contributed by atoms with Gasteiger partial charge in [-0.25, -0.2) is 9.67 Å². The lowest BCUT2D eigenvalue weighted by Crippen LogP contribution is -2.55. The molecule has 3 heterocycles. The quantitative estimate of drug-likeness (QED) is 0.467. The SMILES string of the molecule is CC1CN(C(=O)c2cn(C)c3ccccc23)CCN1C(=O)c1ncn(-c2cccc(Cl)c2)n1. The highest BCUT2D eigenvalue weighted by Crippen LogP contribution is 2.23. The lowest BCUT2D eigenvalue weighted by atomic mass is 10.1. The highest BCUT2D eigenvalue weighted by Gasteiger charge is 2.33. The summed E-state index contributed by atoms with van der Waals surface area (Å²) < 4.78 is 3.50. The van der Waals surface area contributed by atoms with Crippen LogP contribution in [0.15, 0.2) is 61.1 Å². The third-order valence-electron chi connectivity index (χ3n) is 6.06. The van der Waals surface area contributed by atoms with E-state index in [4.69, 9.17) is 11.6 Å². The number of aryl methyl sites for hydroxylation is 1. The Kier molecular flexibility index (Phi) is 5.38. The summed E-state index contributed by atoms with van der Waals surface area (Å²) in [6.07, 6.45) is 3.38. The van der Waals surface area contributed by atoms with E-state index in [1.807, 2.05) is 66.0 Å². The highest BCUT2D eigenvalue weighted by atomic mass is 35.5. The van der Waals surface area contributed by atoms with Crippen LogP contribution in [0.25, 0.3) is 16.6 Å². The third kappa shape index (κ3) is 3.87. The zero-order valence-corrected chi connectivity index (χ0v) is 19.1. The lowest BCUT2D eigenvalue weighted by Gasteiger charge is -2.39. The molecule has 0 spiro atoms. The van der Waals surface area contributed by atoms with Gasteiger partial charge in [0, 0.05) is 54.8 Å². The molecule has 4 aromatic rings. The Hall–Kier alpha value is -3.65. The Morgan fingerprint density at radius 3 is 2.67 bits per heavy atom. The van der Waals surface area contributed by atoms with Crippen molar-refractivity contribution >= 4 is 34.3 Å². The van der Waals surface area contributed by atoms with Gasteiger partial charge in [-0.05, 0) is 31.2 Å². The average Bonchev–Trinajstić information content (AvgIpc) is 3.44. The van der Waals surface area contributed by atoms with Crippen molar-refractivity contribution in [1.82, 2.24) is 29.1 Å². The number of fused-ring (bicyclic) bond motifs is 1. The molecule has 2 amide bonds. The Labute approximate surface area is 196 Å². The van der Waals surface area contributed by atoms with Crippen molar-refractivity contribution in [3.05, 3.63) is 77.5 Å². The summed E-state index contributed by atoms with van der Waals surface area (Å²) in [6.45, 7) is 3.26. The largest absolute Gasteiger partial charge is 0.350 e. The van der Waals surface area contributed by atoms with Gasteiger partial charge in [-0.2, -0.15) is 0 Å². The smallest absolute Gasteiger partial charge is 0.293 e. The van der Waals surface area contributed by atoms with Crippen LogP contribution in [0.3, 0.4) is 0 Å². The fourth-order valence-corrected chi connectivity index (χ4v) is 4.54. The minimum atomic E-state index is -0.250. The van der Waals surface area contributed by atoms with Crippen molar-refractivity contribution in [3.63, 3.8) is 0 Å². The molecular formula is C24H23ClN6O2. The number of nitrogens with zero attached hydrogens (tertiary/aromatic N) is 6. The van der Waals surface area contributed by atoms with E-state index in [0.29, 0.717) is 30.2 Å². The van der Waals surface area contributed by atoms with Crippen molar-refractivity contribution in [3.8, 4) is 5.69 Å². The maximum absolute atomic E-state index is 13.3. The van der Waals surface area contributed by atoms with Crippen LogP contribution in [0.4, 0.5) is 0 Å². The van der Waals surface area contributed by atoms with E-state index >= 15 is 0 Å². The minimum Gasteiger partial charge on any atom is -0.350 e.